The molecule has 4 rings (SSSR count). The zero-order valence-electron chi connectivity index (χ0n) is 16.7. The number of nitrogens with zero attached hydrogens (tertiary/aromatic N) is 7. The molecule has 0 fully saturated rings. The average molecular weight is 392 g/mol. The molecule has 10 heteroatoms. The number of anilines is 2. The second kappa shape index (κ2) is 7.13. The van der Waals surface area contributed by atoms with Gasteiger partial charge in [0.05, 0.1) is 29.5 Å². The number of fused-ring (bicyclic) bond motifs is 1. The molecule has 10 nitrogen and oxygen atoms in total. The normalized spacial score (nSPS) is 11.9. The third-order valence-electron chi connectivity index (χ3n) is 4.69. The summed E-state index contributed by atoms with van der Waals surface area (Å²) in [5.41, 5.74) is 13.7. The van der Waals surface area contributed by atoms with Crippen LogP contribution in [0.15, 0.2) is 36.8 Å². The van der Waals surface area contributed by atoms with E-state index in [4.69, 9.17) is 11.5 Å². The molecule has 0 amide bonds. The van der Waals surface area contributed by atoms with Gasteiger partial charge in [-0.25, -0.2) is 4.98 Å². The molecule has 29 heavy (non-hydrogen) atoms. The van der Waals surface area contributed by atoms with Gasteiger partial charge in [-0.05, 0) is 39.0 Å². The van der Waals surface area contributed by atoms with Crippen molar-refractivity contribution < 1.29 is 0 Å². The molecule has 0 aliphatic carbocycles. The molecular formula is C19H24N10. The molecule has 0 radical (unpaired) electrons. The van der Waals surface area contributed by atoms with Gasteiger partial charge in [-0.3, -0.25) is 4.68 Å². The van der Waals surface area contributed by atoms with Crippen molar-refractivity contribution in [3.63, 3.8) is 0 Å². The summed E-state index contributed by atoms with van der Waals surface area (Å²) in [7, 11) is 0. The van der Waals surface area contributed by atoms with E-state index in [1.54, 1.807) is 0 Å². The summed E-state index contributed by atoms with van der Waals surface area (Å²) in [6.07, 6.45) is 5.66. The zero-order valence-corrected chi connectivity index (χ0v) is 16.7. The Bertz CT molecular complexity index is 1160. The Labute approximate surface area is 168 Å². The van der Waals surface area contributed by atoms with E-state index >= 15 is 0 Å². The van der Waals surface area contributed by atoms with E-state index in [1.807, 2.05) is 66.6 Å². The SMILES string of the molecule is Cc1ncc2ccc(-c3nc(N)nc(NC(C)(C)c4ccn(CCN)n4)n3)cn12. The summed E-state index contributed by atoms with van der Waals surface area (Å²) in [6.45, 7) is 7.14. The zero-order chi connectivity index (χ0) is 20.6. The van der Waals surface area contributed by atoms with Crippen molar-refractivity contribution in [2.24, 2.45) is 5.73 Å². The van der Waals surface area contributed by atoms with Crippen molar-refractivity contribution in [1.29, 1.82) is 0 Å². The molecule has 0 atom stereocenters. The van der Waals surface area contributed by atoms with Gasteiger partial charge in [0, 0.05) is 24.5 Å². The molecule has 0 aromatic carbocycles. The highest BCUT2D eigenvalue weighted by atomic mass is 15.3. The lowest BCUT2D eigenvalue weighted by Crippen LogP contribution is -2.30. The van der Waals surface area contributed by atoms with Gasteiger partial charge in [-0.1, -0.05) is 0 Å². The Balaban J connectivity index is 1.65. The van der Waals surface area contributed by atoms with Crippen LogP contribution in [0.3, 0.4) is 0 Å². The molecule has 4 heterocycles. The van der Waals surface area contributed by atoms with Crippen LogP contribution in [0.4, 0.5) is 11.9 Å². The third-order valence-corrected chi connectivity index (χ3v) is 4.69. The van der Waals surface area contributed by atoms with Gasteiger partial charge >= 0.3 is 0 Å². The van der Waals surface area contributed by atoms with E-state index < -0.39 is 5.54 Å². The predicted molar refractivity (Wildman–Crippen MR) is 111 cm³/mol. The van der Waals surface area contributed by atoms with Crippen molar-refractivity contribution in [2.75, 3.05) is 17.6 Å². The number of hydrogen-bond acceptors (Lipinski definition) is 8. The minimum atomic E-state index is -0.518. The first-order valence-corrected chi connectivity index (χ1v) is 9.33. The largest absolute Gasteiger partial charge is 0.368 e. The van der Waals surface area contributed by atoms with Gasteiger partial charge in [0.25, 0.3) is 0 Å². The number of nitrogens with two attached hydrogens (primary N) is 2. The van der Waals surface area contributed by atoms with Crippen LogP contribution in [0.2, 0.25) is 0 Å². The van der Waals surface area contributed by atoms with Gasteiger partial charge in [-0.15, -0.1) is 0 Å². The van der Waals surface area contributed by atoms with E-state index in [1.165, 1.54) is 0 Å². The van der Waals surface area contributed by atoms with Crippen LogP contribution in [-0.4, -0.2) is 40.7 Å². The lowest BCUT2D eigenvalue weighted by atomic mass is 10.0. The topological polar surface area (TPSA) is 138 Å². The molecule has 0 bridgehead atoms. The number of imidazole rings is 1. The smallest absolute Gasteiger partial charge is 0.228 e. The maximum absolute atomic E-state index is 5.97. The van der Waals surface area contributed by atoms with Crippen LogP contribution in [0.25, 0.3) is 16.9 Å². The van der Waals surface area contributed by atoms with Crippen LogP contribution in [-0.2, 0) is 12.1 Å². The predicted octanol–water partition coefficient (Wildman–Crippen LogP) is 1.58. The van der Waals surface area contributed by atoms with Crippen molar-refractivity contribution in [1.82, 2.24) is 34.1 Å². The number of aromatic nitrogens is 7. The highest BCUT2D eigenvalue weighted by Crippen LogP contribution is 2.25. The fourth-order valence-electron chi connectivity index (χ4n) is 3.12. The Morgan fingerprint density at radius 1 is 1.14 bits per heavy atom. The molecule has 0 saturated carbocycles. The molecule has 0 spiro atoms. The first kappa shape index (κ1) is 18.8. The van der Waals surface area contributed by atoms with Gasteiger partial charge in [0.2, 0.25) is 11.9 Å². The number of aryl methyl sites for hydroxylation is 1. The first-order valence-electron chi connectivity index (χ1n) is 9.33. The number of nitrogens with one attached hydrogen (secondary N) is 1. The molecule has 5 N–H and O–H groups in total. The lowest BCUT2D eigenvalue weighted by molar-refractivity contribution is 0.542. The summed E-state index contributed by atoms with van der Waals surface area (Å²) < 4.78 is 3.80. The molecular weight excluding hydrogens is 368 g/mol. The maximum Gasteiger partial charge on any atom is 0.228 e. The van der Waals surface area contributed by atoms with Crippen molar-refractivity contribution in [2.45, 2.75) is 32.9 Å². The fraction of sp³-hybridized carbons (Fsp3) is 0.316. The van der Waals surface area contributed by atoms with Crippen LogP contribution in [0, 0.1) is 6.92 Å². The van der Waals surface area contributed by atoms with E-state index in [0.717, 1.165) is 22.6 Å². The highest BCUT2D eigenvalue weighted by Gasteiger charge is 2.25. The highest BCUT2D eigenvalue weighted by molar-refractivity contribution is 5.61. The molecule has 0 saturated heterocycles. The van der Waals surface area contributed by atoms with E-state index in [0.29, 0.717) is 24.9 Å². The third kappa shape index (κ3) is 3.74. The van der Waals surface area contributed by atoms with Crippen LogP contribution >= 0.6 is 0 Å². The number of nitrogen functional groups attached to an aromatic ring is 1. The molecule has 0 unspecified atom stereocenters. The van der Waals surface area contributed by atoms with Gasteiger partial charge < -0.3 is 21.2 Å². The van der Waals surface area contributed by atoms with Crippen molar-refractivity contribution in [3.05, 3.63) is 48.3 Å². The number of rotatable bonds is 6. The molecule has 150 valence electrons. The summed E-state index contributed by atoms with van der Waals surface area (Å²) >= 11 is 0. The molecule has 4 aromatic heterocycles. The lowest BCUT2D eigenvalue weighted by Gasteiger charge is -2.24. The summed E-state index contributed by atoms with van der Waals surface area (Å²) in [5.74, 6) is 1.90. The van der Waals surface area contributed by atoms with E-state index in [2.05, 4.69) is 30.4 Å². The number of hydrogen-bond donors (Lipinski definition) is 3. The second-order valence-corrected chi connectivity index (χ2v) is 7.36. The first-order chi connectivity index (χ1) is 13.9. The number of pyridine rings is 1. The van der Waals surface area contributed by atoms with Crippen LogP contribution in [0.5, 0.6) is 0 Å². The Kier molecular flexibility index (Phi) is 4.63. The standard InChI is InChI=1S/C19H24N10/c1-12-22-10-14-5-4-13(11-29(12)14)16-23-17(21)25-18(24-16)26-19(2,3)15-6-8-28(27-15)9-7-20/h4-6,8,10-11H,7,9,20H2,1-3H3,(H3,21,23,24,25,26). The molecule has 0 aliphatic heterocycles. The van der Waals surface area contributed by atoms with Crippen molar-refractivity contribution in [3.8, 4) is 11.4 Å². The minimum absolute atomic E-state index is 0.143. The van der Waals surface area contributed by atoms with Crippen LogP contribution < -0.4 is 16.8 Å². The molecule has 4 aromatic rings. The fourth-order valence-corrected chi connectivity index (χ4v) is 3.12. The van der Waals surface area contributed by atoms with Gasteiger partial charge in [0.1, 0.15) is 5.82 Å². The van der Waals surface area contributed by atoms with Gasteiger partial charge in [-0.2, -0.15) is 20.1 Å². The average Bonchev–Trinajstić information content (AvgIpc) is 3.29. The van der Waals surface area contributed by atoms with Crippen molar-refractivity contribution >= 4 is 17.4 Å². The Morgan fingerprint density at radius 3 is 2.76 bits per heavy atom. The molecule has 0 aliphatic rings. The maximum atomic E-state index is 5.97. The summed E-state index contributed by atoms with van der Waals surface area (Å²) in [4.78, 5) is 17.5. The quantitative estimate of drug-likeness (QED) is 0.450. The minimum Gasteiger partial charge on any atom is -0.368 e. The van der Waals surface area contributed by atoms with Gasteiger partial charge in [0.15, 0.2) is 5.82 Å². The summed E-state index contributed by atoms with van der Waals surface area (Å²) in [6, 6.07) is 5.86. The Hall–Kier alpha value is -3.53. The summed E-state index contributed by atoms with van der Waals surface area (Å²) in [5, 5.41) is 7.89. The Morgan fingerprint density at radius 2 is 1.97 bits per heavy atom. The second-order valence-electron chi connectivity index (χ2n) is 7.36. The van der Waals surface area contributed by atoms with Crippen LogP contribution in [0.1, 0.15) is 25.4 Å². The van der Waals surface area contributed by atoms with E-state index in [9.17, 15) is 0 Å². The monoisotopic (exact) mass is 392 g/mol. The van der Waals surface area contributed by atoms with E-state index in [-0.39, 0.29) is 5.95 Å².